The molecule has 2 aliphatic heterocycles. The lowest BCUT2D eigenvalue weighted by Gasteiger charge is -2.36. The first-order chi connectivity index (χ1) is 15.9. The monoisotopic (exact) mass is 526 g/mol. The number of carbonyl (C=O) groups is 4. The van der Waals surface area contributed by atoms with Gasteiger partial charge in [0.1, 0.15) is 5.60 Å². The van der Waals surface area contributed by atoms with Gasteiger partial charge in [-0.15, -0.1) is 0 Å². The van der Waals surface area contributed by atoms with Crippen LogP contribution in [0.15, 0.2) is 53.0 Å². The minimum atomic E-state index is -1.38. The van der Waals surface area contributed by atoms with Crippen LogP contribution in [0.25, 0.3) is 0 Å². The standard InChI is InChI=1S/C26H27BrN2O5/c1-15(2)26(19-14-21(30)28(22(19)31)17-12-10-16(27)11-13-17)18-8-6-7-9-20(18)29(23(26)32)24(33)34-25(3,4)5/h6-13,15,19H,14H2,1-5H3/t19-,26?/m1/s1. The Morgan fingerprint density at radius 3 is 2.26 bits per heavy atom. The van der Waals surface area contributed by atoms with Crippen LogP contribution in [0.4, 0.5) is 16.2 Å². The zero-order valence-corrected chi connectivity index (χ0v) is 21.4. The van der Waals surface area contributed by atoms with Gasteiger partial charge < -0.3 is 4.74 Å². The van der Waals surface area contributed by atoms with Gasteiger partial charge in [-0.3, -0.25) is 19.3 Å². The van der Waals surface area contributed by atoms with Crippen molar-refractivity contribution in [3.05, 3.63) is 58.6 Å². The van der Waals surface area contributed by atoms with Gasteiger partial charge in [-0.25, -0.2) is 9.69 Å². The fourth-order valence-corrected chi connectivity index (χ4v) is 5.33. The molecular weight excluding hydrogens is 500 g/mol. The van der Waals surface area contributed by atoms with Crippen LogP contribution in [0, 0.1) is 11.8 Å². The van der Waals surface area contributed by atoms with Gasteiger partial charge in [-0.05, 0) is 62.6 Å². The molecule has 0 aromatic heterocycles. The quantitative estimate of drug-likeness (QED) is 0.513. The summed E-state index contributed by atoms with van der Waals surface area (Å²) in [5.41, 5.74) is -0.804. The van der Waals surface area contributed by atoms with Gasteiger partial charge in [0.15, 0.2) is 0 Å². The lowest BCUT2D eigenvalue weighted by molar-refractivity contribution is -0.133. The highest BCUT2D eigenvalue weighted by Gasteiger charge is 2.64. The van der Waals surface area contributed by atoms with Gasteiger partial charge >= 0.3 is 6.09 Å². The second-order valence-electron chi connectivity index (χ2n) is 9.96. The number of anilines is 2. The maximum atomic E-state index is 14.1. The summed E-state index contributed by atoms with van der Waals surface area (Å²) >= 11 is 3.36. The molecule has 1 unspecified atom stereocenters. The van der Waals surface area contributed by atoms with Crippen LogP contribution in [-0.2, 0) is 24.5 Å². The molecule has 7 nitrogen and oxygen atoms in total. The molecule has 2 aliphatic rings. The highest BCUT2D eigenvalue weighted by atomic mass is 79.9. The van der Waals surface area contributed by atoms with Gasteiger partial charge in [-0.1, -0.05) is 48.0 Å². The Kier molecular flexibility index (Phi) is 5.92. The zero-order valence-electron chi connectivity index (χ0n) is 19.8. The van der Waals surface area contributed by atoms with Crippen molar-refractivity contribution >= 4 is 51.1 Å². The SMILES string of the molecule is CC(C)C1([C@@H]2CC(=O)N(c3ccc(Br)cc3)C2=O)C(=O)N(C(=O)OC(C)(C)C)c2ccccc21. The predicted molar refractivity (Wildman–Crippen MR) is 131 cm³/mol. The Labute approximate surface area is 207 Å². The molecule has 0 N–H and O–H groups in total. The molecule has 2 heterocycles. The highest BCUT2D eigenvalue weighted by Crippen LogP contribution is 2.54. The number of amides is 4. The number of halogens is 1. The molecule has 34 heavy (non-hydrogen) atoms. The third kappa shape index (κ3) is 3.64. The van der Waals surface area contributed by atoms with Gasteiger partial charge in [0.2, 0.25) is 17.7 Å². The summed E-state index contributed by atoms with van der Waals surface area (Å²) in [4.78, 5) is 56.3. The van der Waals surface area contributed by atoms with Crippen molar-refractivity contribution in [1.29, 1.82) is 0 Å². The van der Waals surface area contributed by atoms with Crippen LogP contribution >= 0.6 is 15.9 Å². The summed E-state index contributed by atoms with van der Waals surface area (Å²) in [6.07, 6.45) is -0.927. The number of hydrogen-bond acceptors (Lipinski definition) is 5. The van der Waals surface area contributed by atoms with Crippen molar-refractivity contribution < 1.29 is 23.9 Å². The third-order valence-electron chi connectivity index (χ3n) is 6.42. The maximum absolute atomic E-state index is 14.1. The average Bonchev–Trinajstić information content (AvgIpc) is 3.18. The van der Waals surface area contributed by atoms with Crippen LogP contribution in [0.2, 0.25) is 0 Å². The summed E-state index contributed by atoms with van der Waals surface area (Å²) in [6.45, 7) is 8.85. The van der Waals surface area contributed by atoms with Crippen LogP contribution < -0.4 is 9.80 Å². The molecule has 1 saturated heterocycles. The van der Waals surface area contributed by atoms with E-state index in [0.717, 1.165) is 14.3 Å². The summed E-state index contributed by atoms with van der Waals surface area (Å²) in [7, 11) is 0. The van der Waals surface area contributed by atoms with Crippen molar-refractivity contribution in [3.8, 4) is 0 Å². The average molecular weight is 527 g/mol. The van der Waals surface area contributed by atoms with E-state index in [2.05, 4.69) is 15.9 Å². The van der Waals surface area contributed by atoms with Crippen molar-refractivity contribution in [2.45, 2.75) is 52.1 Å². The van der Waals surface area contributed by atoms with E-state index >= 15 is 0 Å². The first-order valence-electron chi connectivity index (χ1n) is 11.2. The lowest BCUT2D eigenvalue weighted by atomic mass is 9.63. The minimum Gasteiger partial charge on any atom is -0.443 e. The fourth-order valence-electron chi connectivity index (χ4n) is 5.06. The van der Waals surface area contributed by atoms with E-state index in [-0.39, 0.29) is 18.2 Å². The molecule has 1 fully saturated rings. The van der Waals surface area contributed by atoms with Crippen LogP contribution in [-0.4, -0.2) is 29.4 Å². The fraction of sp³-hybridized carbons (Fsp3) is 0.385. The molecule has 2 aromatic carbocycles. The zero-order chi connectivity index (χ0) is 25.0. The molecule has 2 aromatic rings. The first-order valence-corrected chi connectivity index (χ1v) is 12.0. The Hall–Kier alpha value is -3.00. The second kappa shape index (κ2) is 8.34. The Bertz CT molecular complexity index is 1180. The summed E-state index contributed by atoms with van der Waals surface area (Å²) in [5, 5.41) is 0. The van der Waals surface area contributed by atoms with Gasteiger partial charge in [0.05, 0.1) is 22.7 Å². The van der Waals surface area contributed by atoms with Gasteiger partial charge in [0.25, 0.3) is 0 Å². The molecular formula is C26H27BrN2O5. The molecule has 0 spiro atoms. The van der Waals surface area contributed by atoms with E-state index in [1.54, 1.807) is 69.3 Å². The lowest BCUT2D eigenvalue weighted by Crippen LogP contribution is -2.53. The van der Waals surface area contributed by atoms with Crippen molar-refractivity contribution in [2.75, 3.05) is 9.80 Å². The molecule has 8 heteroatoms. The molecule has 2 atom stereocenters. The molecule has 0 bridgehead atoms. The smallest absolute Gasteiger partial charge is 0.421 e. The van der Waals surface area contributed by atoms with Crippen molar-refractivity contribution in [1.82, 2.24) is 0 Å². The number of ether oxygens (including phenoxy) is 1. The molecule has 4 rings (SSSR count). The Morgan fingerprint density at radius 2 is 1.68 bits per heavy atom. The number of fused-ring (bicyclic) bond motifs is 1. The first kappa shape index (κ1) is 24.1. The number of nitrogens with zero attached hydrogens (tertiary/aromatic N) is 2. The summed E-state index contributed by atoms with van der Waals surface area (Å²) in [6, 6.07) is 13.8. The molecule has 0 saturated carbocycles. The maximum Gasteiger partial charge on any atom is 0.421 e. The second-order valence-corrected chi connectivity index (χ2v) is 10.9. The number of rotatable bonds is 3. The normalized spacial score (nSPS) is 22.6. The molecule has 4 amide bonds. The summed E-state index contributed by atoms with van der Waals surface area (Å²) in [5.74, 6) is -2.69. The largest absolute Gasteiger partial charge is 0.443 e. The highest BCUT2D eigenvalue weighted by molar-refractivity contribution is 9.10. The van der Waals surface area contributed by atoms with Gasteiger partial charge in [-0.2, -0.15) is 0 Å². The Morgan fingerprint density at radius 1 is 1.06 bits per heavy atom. The van der Waals surface area contributed by atoms with E-state index < -0.39 is 34.8 Å². The number of carbonyl (C=O) groups excluding carboxylic acids is 4. The van der Waals surface area contributed by atoms with Crippen molar-refractivity contribution in [3.63, 3.8) is 0 Å². The van der Waals surface area contributed by atoms with E-state index in [9.17, 15) is 19.2 Å². The number of imide groups is 2. The summed E-state index contributed by atoms with van der Waals surface area (Å²) < 4.78 is 6.35. The predicted octanol–water partition coefficient (Wildman–Crippen LogP) is 5.20. The van der Waals surface area contributed by atoms with Crippen LogP contribution in [0.3, 0.4) is 0 Å². The van der Waals surface area contributed by atoms with Crippen LogP contribution in [0.5, 0.6) is 0 Å². The van der Waals surface area contributed by atoms with E-state index in [4.69, 9.17) is 4.74 Å². The molecule has 0 aliphatic carbocycles. The van der Waals surface area contributed by atoms with Crippen LogP contribution in [0.1, 0.15) is 46.6 Å². The third-order valence-corrected chi connectivity index (χ3v) is 6.94. The van der Waals surface area contributed by atoms with E-state index in [0.29, 0.717) is 16.9 Å². The molecule has 0 radical (unpaired) electrons. The number of benzene rings is 2. The topological polar surface area (TPSA) is 84.0 Å². The van der Waals surface area contributed by atoms with Crippen molar-refractivity contribution in [2.24, 2.45) is 11.8 Å². The molecule has 178 valence electrons. The van der Waals surface area contributed by atoms with Gasteiger partial charge in [0, 0.05) is 10.9 Å². The number of hydrogen-bond donors (Lipinski definition) is 0. The van der Waals surface area contributed by atoms with E-state index in [1.165, 1.54) is 0 Å². The van der Waals surface area contributed by atoms with E-state index in [1.807, 2.05) is 13.8 Å². The number of para-hydroxylation sites is 1. The minimum absolute atomic E-state index is 0.130. The Balaban J connectivity index is 1.84.